The van der Waals surface area contributed by atoms with Crippen LogP contribution >= 0.6 is 11.3 Å². The number of piperidine rings is 1. The number of carbonyl (C=O) groups excluding carboxylic acids is 1. The Morgan fingerprint density at radius 2 is 2.04 bits per heavy atom. The van der Waals surface area contributed by atoms with Gasteiger partial charge in [-0.05, 0) is 49.9 Å². The molecule has 2 aromatic carbocycles. The second kappa shape index (κ2) is 7.30. The van der Waals surface area contributed by atoms with E-state index in [0.29, 0.717) is 12.5 Å². The monoisotopic (exact) mass is 392 g/mol. The largest absolute Gasteiger partial charge is 0.327 e. The Morgan fingerprint density at radius 1 is 1.21 bits per heavy atom. The van der Waals surface area contributed by atoms with E-state index in [-0.39, 0.29) is 11.9 Å². The molecule has 0 aliphatic carbocycles. The molecule has 3 heterocycles. The normalized spacial score (nSPS) is 24.5. The first kappa shape index (κ1) is 17.8. The fourth-order valence-electron chi connectivity index (χ4n) is 4.83. The number of thiazole rings is 1. The molecule has 1 N–H and O–H groups in total. The van der Waals surface area contributed by atoms with Crippen molar-refractivity contribution >= 4 is 33.1 Å². The van der Waals surface area contributed by atoms with Gasteiger partial charge >= 0.3 is 0 Å². The van der Waals surface area contributed by atoms with Gasteiger partial charge < -0.3 is 9.80 Å². The minimum atomic E-state index is 0.258. The number of aromatic nitrogens is 1. The highest BCUT2D eigenvalue weighted by atomic mass is 32.1. The number of fused-ring (bicyclic) bond motifs is 2. The number of amides is 1. The molecule has 2 aliphatic heterocycles. The van der Waals surface area contributed by atoms with E-state index in [0.717, 1.165) is 37.1 Å². The van der Waals surface area contributed by atoms with Crippen LogP contribution in [0.1, 0.15) is 36.3 Å². The zero-order chi connectivity index (χ0) is 19.1. The SMILES string of the molecule is C[C@H]1Cc2ccccc2N1C(=O)C[NH+]1CCC[C@H](c2nc3ccccc3s2)C1. The molecule has 0 saturated carbocycles. The van der Waals surface area contributed by atoms with Crippen LogP contribution in [0.4, 0.5) is 5.69 Å². The molecule has 0 radical (unpaired) electrons. The summed E-state index contributed by atoms with van der Waals surface area (Å²) in [5.41, 5.74) is 3.51. The van der Waals surface area contributed by atoms with Crippen LogP contribution in [-0.4, -0.2) is 36.6 Å². The highest BCUT2D eigenvalue weighted by molar-refractivity contribution is 7.18. The van der Waals surface area contributed by atoms with Crippen molar-refractivity contribution in [2.75, 3.05) is 24.5 Å². The summed E-state index contributed by atoms with van der Waals surface area (Å²) in [6, 6.07) is 17.0. The molecule has 28 heavy (non-hydrogen) atoms. The van der Waals surface area contributed by atoms with Crippen LogP contribution in [0.5, 0.6) is 0 Å². The summed E-state index contributed by atoms with van der Waals surface area (Å²) < 4.78 is 1.27. The molecule has 1 fully saturated rings. The van der Waals surface area contributed by atoms with E-state index in [1.54, 1.807) is 0 Å². The number of benzene rings is 2. The van der Waals surface area contributed by atoms with Crippen molar-refractivity contribution in [3.63, 3.8) is 0 Å². The fourth-order valence-corrected chi connectivity index (χ4v) is 5.93. The minimum absolute atomic E-state index is 0.258. The number of para-hydroxylation sites is 2. The molecule has 1 saturated heterocycles. The van der Waals surface area contributed by atoms with Gasteiger partial charge in [-0.1, -0.05) is 30.3 Å². The molecule has 0 bridgehead atoms. The second-order valence-electron chi connectivity index (χ2n) is 8.19. The van der Waals surface area contributed by atoms with Crippen LogP contribution in [0.15, 0.2) is 48.5 Å². The van der Waals surface area contributed by atoms with Crippen LogP contribution in [0, 0.1) is 0 Å². The summed E-state index contributed by atoms with van der Waals surface area (Å²) in [5, 5.41) is 1.24. The lowest BCUT2D eigenvalue weighted by Gasteiger charge is -2.30. The second-order valence-corrected chi connectivity index (χ2v) is 9.25. The molecule has 3 aromatic rings. The van der Waals surface area contributed by atoms with Crippen LogP contribution in [0.2, 0.25) is 0 Å². The van der Waals surface area contributed by atoms with Crippen molar-refractivity contribution in [2.24, 2.45) is 0 Å². The molecule has 0 spiro atoms. The molecular weight excluding hydrogens is 366 g/mol. The number of carbonyl (C=O) groups is 1. The lowest BCUT2D eigenvalue weighted by Crippen LogP contribution is -3.14. The highest BCUT2D eigenvalue weighted by Gasteiger charge is 2.34. The Morgan fingerprint density at radius 3 is 2.93 bits per heavy atom. The number of nitrogens with zero attached hydrogens (tertiary/aromatic N) is 2. The molecule has 3 atom stereocenters. The standard InChI is InChI=1S/C23H25N3OS/c1-16-13-17-7-2-4-10-20(17)26(16)22(27)15-25-12-6-8-18(14-25)23-24-19-9-3-5-11-21(19)28-23/h2-5,7,9-11,16,18H,6,8,12-15H2,1H3/p+1/t16-,18-/m0/s1. The Balaban J connectivity index is 1.30. The zero-order valence-electron chi connectivity index (χ0n) is 16.2. The number of likely N-dealkylation sites (tertiary alicyclic amines) is 1. The molecular formula is C23H26N3OS+. The summed E-state index contributed by atoms with van der Waals surface area (Å²) in [7, 11) is 0. The van der Waals surface area contributed by atoms with Crippen LogP contribution in [0.25, 0.3) is 10.2 Å². The predicted octanol–water partition coefficient (Wildman–Crippen LogP) is 3.04. The number of hydrogen-bond donors (Lipinski definition) is 1. The van der Waals surface area contributed by atoms with Gasteiger partial charge in [0, 0.05) is 11.7 Å². The van der Waals surface area contributed by atoms with Crippen molar-refractivity contribution in [3.8, 4) is 0 Å². The number of anilines is 1. The van der Waals surface area contributed by atoms with Gasteiger partial charge in [-0.15, -0.1) is 11.3 Å². The molecule has 144 valence electrons. The molecule has 5 heteroatoms. The fraction of sp³-hybridized carbons (Fsp3) is 0.391. The lowest BCUT2D eigenvalue weighted by molar-refractivity contribution is -0.898. The van der Waals surface area contributed by atoms with Crippen molar-refractivity contribution in [1.82, 2.24) is 4.98 Å². The number of hydrogen-bond acceptors (Lipinski definition) is 3. The summed E-state index contributed by atoms with van der Waals surface area (Å²) in [4.78, 5) is 21.5. The smallest absolute Gasteiger partial charge is 0.282 e. The van der Waals surface area contributed by atoms with Crippen molar-refractivity contribution in [2.45, 2.75) is 38.1 Å². The van der Waals surface area contributed by atoms with E-state index in [4.69, 9.17) is 4.98 Å². The van der Waals surface area contributed by atoms with Crippen molar-refractivity contribution < 1.29 is 9.69 Å². The van der Waals surface area contributed by atoms with E-state index in [1.165, 1.54) is 26.6 Å². The van der Waals surface area contributed by atoms with Crippen LogP contribution in [0.3, 0.4) is 0 Å². The highest BCUT2D eigenvalue weighted by Crippen LogP contribution is 2.32. The summed E-state index contributed by atoms with van der Waals surface area (Å²) in [5.74, 6) is 0.731. The molecule has 2 aliphatic rings. The maximum absolute atomic E-state index is 13.2. The van der Waals surface area contributed by atoms with Gasteiger partial charge in [0.2, 0.25) is 0 Å². The van der Waals surface area contributed by atoms with Gasteiger partial charge in [0.05, 0.1) is 29.2 Å². The Hall–Kier alpha value is -2.24. The van der Waals surface area contributed by atoms with Crippen LogP contribution < -0.4 is 9.80 Å². The molecule has 4 nitrogen and oxygen atoms in total. The topological polar surface area (TPSA) is 37.6 Å². The average Bonchev–Trinajstić information content (AvgIpc) is 3.28. The van der Waals surface area contributed by atoms with Gasteiger partial charge in [-0.3, -0.25) is 4.79 Å². The first-order chi connectivity index (χ1) is 13.7. The van der Waals surface area contributed by atoms with Gasteiger partial charge in [0.1, 0.15) is 5.01 Å². The maximum Gasteiger partial charge on any atom is 0.282 e. The Kier molecular flexibility index (Phi) is 4.65. The van der Waals surface area contributed by atoms with E-state index >= 15 is 0 Å². The average molecular weight is 393 g/mol. The number of quaternary nitrogens is 1. The third kappa shape index (κ3) is 3.23. The van der Waals surface area contributed by atoms with E-state index in [1.807, 2.05) is 22.3 Å². The summed E-state index contributed by atoms with van der Waals surface area (Å²) in [6.07, 6.45) is 3.31. The third-order valence-electron chi connectivity index (χ3n) is 6.15. The first-order valence-electron chi connectivity index (χ1n) is 10.3. The van der Waals surface area contributed by atoms with Crippen LogP contribution in [-0.2, 0) is 11.2 Å². The predicted molar refractivity (Wildman–Crippen MR) is 114 cm³/mol. The van der Waals surface area contributed by atoms with E-state index in [9.17, 15) is 4.79 Å². The lowest BCUT2D eigenvalue weighted by atomic mass is 9.98. The maximum atomic E-state index is 13.2. The third-order valence-corrected chi connectivity index (χ3v) is 7.35. The van der Waals surface area contributed by atoms with Gasteiger partial charge in [0.15, 0.2) is 6.54 Å². The Bertz CT molecular complexity index is 981. The van der Waals surface area contributed by atoms with Gasteiger partial charge in [-0.25, -0.2) is 4.98 Å². The van der Waals surface area contributed by atoms with Gasteiger partial charge in [0.25, 0.3) is 5.91 Å². The minimum Gasteiger partial charge on any atom is -0.327 e. The number of rotatable bonds is 3. The molecule has 1 aromatic heterocycles. The van der Waals surface area contributed by atoms with Crippen molar-refractivity contribution in [1.29, 1.82) is 0 Å². The first-order valence-corrected chi connectivity index (χ1v) is 11.1. The summed E-state index contributed by atoms with van der Waals surface area (Å²) >= 11 is 1.82. The van der Waals surface area contributed by atoms with Gasteiger partial charge in [-0.2, -0.15) is 0 Å². The molecule has 5 rings (SSSR count). The van der Waals surface area contributed by atoms with E-state index < -0.39 is 0 Å². The van der Waals surface area contributed by atoms with E-state index in [2.05, 4.69) is 49.4 Å². The molecule has 1 unspecified atom stereocenters. The molecule has 1 amide bonds. The zero-order valence-corrected chi connectivity index (χ0v) is 17.0. The van der Waals surface area contributed by atoms with Crippen molar-refractivity contribution in [3.05, 3.63) is 59.1 Å². The number of nitrogens with one attached hydrogen (secondary N) is 1. The Labute approximate surface area is 169 Å². The summed E-state index contributed by atoms with van der Waals surface area (Å²) in [6.45, 7) is 4.83. The quantitative estimate of drug-likeness (QED) is 0.744.